The van der Waals surface area contributed by atoms with Crippen LogP contribution in [0.4, 0.5) is 21.2 Å². The van der Waals surface area contributed by atoms with Crippen LogP contribution >= 0.6 is 45.2 Å². The van der Waals surface area contributed by atoms with Crippen molar-refractivity contribution >= 4 is 92.9 Å². The number of carbonyl (C=O) groups is 6. The van der Waals surface area contributed by atoms with E-state index in [9.17, 15) is 38.4 Å². The van der Waals surface area contributed by atoms with Gasteiger partial charge in [0.15, 0.2) is 48.5 Å². The molecule has 4 rings (SSSR count). The summed E-state index contributed by atoms with van der Waals surface area (Å²) >= 11 is 3.77. The summed E-state index contributed by atoms with van der Waals surface area (Å²) in [6.45, 7) is 12.4. The van der Waals surface area contributed by atoms with Gasteiger partial charge in [-0.15, -0.1) is 0 Å². The molecule has 2 aliphatic rings. The van der Waals surface area contributed by atoms with Gasteiger partial charge < -0.3 is 37.9 Å². The number of nitrogens with zero attached hydrogens (tertiary/aromatic N) is 4. The minimum atomic E-state index is -1.06. The average Bonchev–Trinajstić information content (AvgIpc) is 3.59. The van der Waals surface area contributed by atoms with Gasteiger partial charge in [0.1, 0.15) is 0 Å². The first kappa shape index (κ1) is 48.9. The van der Waals surface area contributed by atoms with Gasteiger partial charge in [0, 0.05) is 40.1 Å². The van der Waals surface area contributed by atoms with Crippen molar-refractivity contribution in [3.8, 4) is 0 Å². The van der Waals surface area contributed by atoms with E-state index in [0.717, 1.165) is 22.0 Å². The maximum Gasteiger partial charge on any atom is 0.412 e. The number of rotatable bonds is 13. The van der Waals surface area contributed by atoms with Gasteiger partial charge in [0.25, 0.3) is 0 Å². The minimum Gasteiger partial charge on any atom is -0.456 e. The first-order chi connectivity index (χ1) is 27.8. The number of aromatic nitrogens is 4. The van der Waals surface area contributed by atoms with E-state index in [1.165, 1.54) is 40.1 Å². The zero-order valence-corrected chi connectivity index (χ0v) is 37.7. The van der Waals surface area contributed by atoms with Crippen molar-refractivity contribution in [3.05, 3.63) is 40.5 Å². The van der Waals surface area contributed by atoms with E-state index in [2.05, 4.69) is 20.6 Å². The molecule has 24 heteroatoms. The highest BCUT2D eigenvalue weighted by atomic mass is 127. The van der Waals surface area contributed by atoms with E-state index >= 15 is 0 Å². The van der Waals surface area contributed by atoms with Gasteiger partial charge in [0.05, 0.1) is 32.6 Å². The number of esters is 4. The number of anilines is 2. The van der Waals surface area contributed by atoms with Crippen molar-refractivity contribution < 1.29 is 66.7 Å². The smallest absolute Gasteiger partial charge is 0.412 e. The predicted octanol–water partition coefficient (Wildman–Crippen LogP) is 3.56. The second kappa shape index (κ2) is 22.8. The minimum absolute atomic E-state index is 0.0274. The largest absolute Gasteiger partial charge is 0.456 e. The molecule has 0 aliphatic carbocycles. The van der Waals surface area contributed by atoms with Gasteiger partial charge in [-0.1, -0.05) is 20.3 Å². The second-order valence-corrected chi connectivity index (χ2v) is 15.2. The van der Waals surface area contributed by atoms with Crippen LogP contribution in [-0.4, -0.2) is 105 Å². The molecule has 0 bridgehead atoms. The fraction of sp³-hybridized carbons (Fsp3) is 0.600. The standard InChI is InChI=1S/C18H24IN3O8.C17H22IN3O8/c1-5-6-7-27-18(26)21-15-12(19)8-22(17(25)20-15)16-14(30-11(4)24)13(9(2)28-16)29-10(3)23;1-5-6-26-17(25)20-14-11(18)7-21(16(24)19-14)15-13(29-10(4)23)12(8(2)27-15)28-9(3)22/h8-9,13-14,16H,5-7H2,1-4H3,(H,20,21,25,26);7-8,12-13,15H,5-6H2,1-4H3,(H,19,20,24,25)/t9-,13-,14-,16-;8-,12-,13-,15-/m11/s1. The van der Waals surface area contributed by atoms with E-state index < -0.39 is 96.5 Å². The lowest BCUT2D eigenvalue weighted by atomic mass is 10.1. The van der Waals surface area contributed by atoms with Gasteiger partial charge in [-0.3, -0.25) is 38.9 Å². The number of carbonyl (C=O) groups excluding carboxylic acids is 6. The quantitative estimate of drug-likeness (QED) is 0.126. The molecule has 2 aromatic rings. The van der Waals surface area contributed by atoms with Crippen LogP contribution in [0, 0.1) is 7.14 Å². The van der Waals surface area contributed by atoms with Gasteiger partial charge in [0.2, 0.25) is 0 Å². The molecule has 2 aliphatic heterocycles. The van der Waals surface area contributed by atoms with E-state index in [0.29, 0.717) is 13.6 Å². The van der Waals surface area contributed by atoms with E-state index in [1.54, 1.807) is 13.8 Å². The molecule has 0 radical (unpaired) electrons. The molecule has 2 saturated heterocycles. The number of halogens is 2. The number of nitrogens with one attached hydrogen (secondary N) is 2. The van der Waals surface area contributed by atoms with E-state index in [-0.39, 0.29) is 24.8 Å². The predicted molar refractivity (Wildman–Crippen MR) is 219 cm³/mol. The summed E-state index contributed by atoms with van der Waals surface area (Å²) in [4.78, 5) is 102. The van der Waals surface area contributed by atoms with Gasteiger partial charge in [-0.05, 0) is 71.9 Å². The molecule has 0 unspecified atom stereocenters. The highest BCUT2D eigenvalue weighted by Crippen LogP contribution is 2.35. The fourth-order valence-corrected chi connectivity index (χ4v) is 6.71. The molecule has 2 amide bonds. The summed E-state index contributed by atoms with van der Waals surface area (Å²) in [6.07, 6.45) is -3.69. The fourth-order valence-electron chi connectivity index (χ4n) is 5.60. The van der Waals surface area contributed by atoms with Crippen LogP contribution in [-0.2, 0) is 57.1 Å². The molecule has 59 heavy (non-hydrogen) atoms. The zero-order valence-electron chi connectivity index (χ0n) is 33.4. The highest BCUT2D eigenvalue weighted by molar-refractivity contribution is 14.1. The Bertz CT molecular complexity index is 1980. The Morgan fingerprint density at radius 3 is 1.32 bits per heavy atom. The molecule has 2 fully saturated rings. The topological polar surface area (TPSA) is 270 Å². The number of ether oxygens (including phenoxy) is 8. The van der Waals surface area contributed by atoms with Crippen molar-refractivity contribution in [2.75, 3.05) is 23.8 Å². The normalized spacial score (nSPS) is 23.2. The Morgan fingerprint density at radius 2 is 0.983 bits per heavy atom. The Hall–Kier alpha value is -4.44. The first-order valence-electron chi connectivity index (χ1n) is 18.2. The van der Waals surface area contributed by atoms with Crippen molar-refractivity contribution in [1.82, 2.24) is 19.1 Å². The maximum atomic E-state index is 12.6. The number of amides is 2. The van der Waals surface area contributed by atoms with Crippen LogP contribution in [0.25, 0.3) is 0 Å². The van der Waals surface area contributed by atoms with Crippen LogP contribution < -0.4 is 22.0 Å². The van der Waals surface area contributed by atoms with Crippen molar-refractivity contribution in [1.29, 1.82) is 0 Å². The molecule has 4 heterocycles. The maximum absolute atomic E-state index is 12.6. The molecule has 8 atom stereocenters. The highest BCUT2D eigenvalue weighted by Gasteiger charge is 2.50. The molecule has 0 spiro atoms. The van der Waals surface area contributed by atoms with E-state index in [1.807, 2.05) is 59.0 Å². The summed E-state index contributed by atoms with van der Waals surface area (Å²) in [5, 5.41) is 4.83. The first-order valence-corrected chi connectivity index (χ1v) is 20.4. The van der Waals surface area contributed by atoms with Crippen LogP contribution in [0.1, 0.15) is 87.1 Å². The average molecular weight is 1060 g/mol. The zero-order chi connectivity index (χ0) is 44.1. The Labute approximate surface area is 364 Å². The van der Waals surface area contributed by atoms with Crippen molar-refractivity contribution in [3.63, 3.8) is 0 Å². The summed E-state index contributed by atoms with van der Waals surface area (Å²) in [6, 6.07) is 0. The lowest BCUT2D eigenvalue weighted by molar-refractivity contribution is -0.165. The SMILES string of the molecule is CCCCOC(=O)Nc1nc(=O)n([C@@H]2O[C@H](C)[C@@H](OC(C)=O)[C@H]2OC(C)=O)cc1I.CCCOC(=O)Nc1nc(=O)n([C@@H]2O[C@H](C)[C@@H](OC(C)=O)[C@H]2OC(C)=O)cc1I. The molecule has 326 valence electrons. The summed E-state index contributed by atoms with van der Waals surface area (Å²) in [7, 11) is 0. The van der Waals surface area contributed by atoms with E-state index in [4.69, 9.17) is 37.9 Å². The monoisotopic (exact) mass is 1060 g/mol. The van der Waals surface area contributed by atoms with Gasteiger partial charge in [-0.2, -0.15) is 9.97 Å². The third-order valence-electron chi connectivity index (χ3n) is 8.02. The number of hydrogen-bond donors (Lipinski definition) is 2. The molecule has 22 nitrogen and oxygen atoms in total. The van der Waals surface area contributed by atoms with Crippen LogP contribution in [0.15, 0.2) is 22.0 Å². The number of hydrogen-bond acceptors (Lipinski definition) is 18. The molecular formula is C35H46I2N6O16. The lowest BCUT2D eigenvalue weighted by Gasteiger charge is -2.23. The van der Waals surface area contributed by atoms with Crippen molar-refractivity contribution in [2.24, 2.45) is 0 Å². The second-order valence-electron chi connectivity index (χ2n) is 12.9. The molecule has 2 N–H and O–H groups in total. The summed E-state index contributed by atoms with van der Waals surface area (Å²) in [5.74, 6) is -2.33. The number of unbranched alkanes of at least 4 members (excludes halogenated alkanes) is 1. The van der Waals surface area contributed by atoms with Crippen molar-refractivity contribution in [2.45, 2.75) is 124 Å². The third kappa shape index (κ3) is 14.1. The van der Waals surface area contributed by atoms with Crippen LogP contribution in [0.3, 0.4) is 0 Å². The summed E-state index contributed by atoms with van der Waals surface area (Å²) < 4.78 is 45.5. The van der Waals surface area contributed by atoms with Gasteiger partial charge in [-0.25, -0.2) is 19.2 Å². The Kier molecular flexibility index (Phi) is 18.9. The Balaban J connectivity index is 0.000000316. The summed E-state index contributed by atoms with van der Waals surface area (Å²) in [5.41, 5.74) is -1.51. The van der Waals surface area contributed by atoms with Crippen LogP contribution in [0.2, 0.25) is 0 Å². The van der Waals surface area contributed by atoms with Crippen LogP contribution in [0.5, 0.6) is 0 Å². The third-order valence-corrected chi connectivity index (χ3v) is 9.60. The lowest BCUT2D eigenvalue weighted by Crippen LogP contribution is -2.40. The molecule has 0 aromatic carbocycles. The Morgan fingerprint density at radius 1 is 0.627 bits per heavy atom. The molecule has 2 aromatic heterocycles. The molecular weight excluding hydrogens is 1010 g/mol. The molecule has 0 saturated carbocycles. The van der Waals surface area contributed by atoms with Gasteiger partial charge >= 0.3 is 47.4 Å².